The molecule has 2 nitrogen and oxygen atoms in total. The Labute approximate surface area is 94.0 Å². The molecule has 0 aromatic heterocycles. The maximum Gasteiger partial charge on any atom is 0.275 e. The lowest BCUT2D eigenvalue weighted by Gasteiger charge is -2.36. The van der Waals surface area contributed by atoms with Gasteiger partial charge in [-0.15, -0.1) is 0 Å². The van der Waals surface area contributed by atoms with E-state index in [-0.39, 0.29) is 6.54 Å². The van der Waals surface area contributed by atoms with Crippen LogP contribution in [0.25, 0.3) is 0 Å². The minimum absolute atomic E-state index is 0.233. The molecule has 0 radical (unpaired) electrons. The molecular formula is C12H16F2N2. The third-order valence-electron chi connectivity index (χ3n) is 2.98. The topological polar surface area (TPSA) is 29.3 Å². The smallest absolute Gasteiger partial charge is 0.275 e. The number of nitrogens with zero attached hydrogens (tertiary/aromatic N) is 1. The molecule has 1 aliphatic rings. The molecule has 0 saturated carbocycles. The molecule has 1 aromatic rings. The zero-order chi connectivity index (χ0) is 11.6. The first kappa shape index (κ1) is 11.5. The van der Waals surface area contributed by atoms with E-state index in [1.54, 1.807) is 4.90 Å². The molecule has 2 N–H and O–H groups in total. The number of hydrogen-bond donors (Lipinski definition) is 1. The van der Waals surface area contributed by atoms with Crippen LogP contribution < -0.4 is 5.73 Å². The largest absolute Gasteiger partial charge is 0.323 e. The van der Waals surface area contributed by atoms with Crippen molar-refractivity contribution in [1.29, 1.82) is 0 Å². The van der Waals surface area contributed by atoms with Crippen molar-refractivity contribution in [3.63, 3.8) is 0 Å². The number of piperidine rings is 1. The summed E-state index contributed by atoms with van der Waals surface area (Å²) >= 11 is 0. The average Bonchev–Trinajstić information content (AvgIpc) is 2.25. The summed E-state index contributed by atoms with van der Waals surface area (Å²) in [6, 6.07) is 8.68. The van der Waals surface area contributed by atoms with Crippen LogP contribution in [0.15, 0.2) is 30.3 Å². The summed E-state index contributed by atoms with van der Waals surface area (Å²) in [5.41, 5.74) is 6.46. The van der Waals surface area contributed by atoms with E-state index in [1.807, 2.05) is 30.3 Å². The van der Waals surface area contributed by atoms with Crippen molar-refractivity contribution in [1.82, 2.24) is 4.90 Å². The summed E-state index contributed by atoms with van der Waals surface area (Å²) in [5.74, 6) is -2.76. The van der Waals surface area contributed by atoms with E-state index in [9.17, 15) is 8.78 Å². The first-order valence-corrected chi connectivity index (χ1v) is 5.47. The molecule has 2 rings (SSSR count). The lowest BCUT2D eigenvalue weighted by Crippen LogP contribution is -2.54. The summed E-state index contributed by atoms with van der Waals surface area (Å²) in [4.78, 5) is 1.76. The second kappa shape index (κ2) is 4.47. The lowest BCUT2D eigenvalue weighted by atomic mass is 10.0. The second-order valence-corrected chi connectivity index (χ2v) is 4.35. The monoisotopic (exact) mass is 226 g/mol. The maximum atomic E-state index is 13.4. The Bertz CT molecular complexity index is 340. The van der Waals surface area contributed by atoms with Crippen molar-refractivity contribution in [3.8, 4) is 0 Å². The average molecular weight is 226 g/mol. The van der Waals surface area contributed by atoms with E-state index in [1.165, 1.54) is 0 Å². The summed E-state index contributed by atoms with van der Waals surface area (Å²) in [6.07, 6.45) is 0.361. The Morgan fingerprint density at radius 1 is 1.31 bits per heavy atom. The Morgan fingerprint density at radius 3 is 2.62 bits per heavy atom. The summed E-state index contributed by atoms with van der Waals surface area (Å²) in [5, 5.41) is 0. The van der Waals surface area contributed by atoms with Gasteiger partial charge in [0, 0.05) is 13.1 Å². The van der Waals surface area contributed by atoms with E-state index in [0.717, 1.165) is 5.56 Å². The van der Waals surface area contributed by atoms with Gasteiger partial charge in [0.15, 0.2) is 0 Å². The third kappa shape index (κ3) is 2.57. The van der Waals surface area contributed by atoms with Crippen molar-refractivity contribution < 1.29 is 8.78 Å². The van der Waals surface area contributed by atoms with Crippen LogP contribution in [0.1, 0.15) is 12.0 Å². The molecule has 1 atom stereocenters. The van der Waals surface area contributed by atoms with Gasteiger partial charge in [-0.3, -0.25) is 4.90 Å². The Morgan fingerprint density at radius 2 is 2.00 bits per heavy atom. The van der Waals surface area contributed by atoms with E-state index in [0.29, 0.717) is 19.5 Å². The number of alkyl halides is 2. The lowest BCUT2D eigenvalue weighted by molar-refractivity contribution is -0.0817. The minimum atomic E-state index is -2.76. The third-order valence-corrected chi connectivity index (χ3v) is 2.98. The van der Waals surface area contributed by atoms with Gasteiger partial charge >= 0.3 is 0 Å². The number of benzene rings is 1. The van der Waals surface area contributed by atoms with Crippen molar-refractivity contribution in [2.24, 2.45) is 5.73 Å². The first-order valence-electron chi connectivity index (χ1n) is 5.47. The van der Waals surface area contributed by atoms with Crippen LogP contribution in [0.4, 0.5) is 8.78 Å². The van der Waals surface area contributed by atoms with Crippen molar-refractivity contribution in [2.45, 2.75) is 24.9 Å². The highest BCUT2D eigenvalue weighted by molar-refractivity contribution is 5.14. The van der Waals surface area contributed by atoms with Crippen molar-refractivity contribution >= 4 is 0 Å². The van der Waals surface area contributed by atoms with Crippen LogP contribution in [0.5, 0.6) is 0 Å². The number of rotatable bonds is 2. The number of nitrogens with two attached hydrogens (primary N) is 1. The molecule has 4 heteroatoms. The molecule has 0 bridgehead atoms. The van der Waals surface area contributed by atoms with Gasteiger partial charge in [-0.1, -0.05) is 30.3 Å². The molecule has 1 saturated heterocycles. The van der Waals surface area contributed by atoms with Crippen LogP contribution in [0.3, 0.4) is 0 Å². The van der Waals surface area contributed by atoms with E-state index >= 15 is 0 Å². The number of likely N-dealkylation sites (tertiary alicyclic amines) is 1. The highest BCUT2D eigenvalue weighted by atomic mass is 19.3. The van der Waals surface area contributed by atoms with Gasteiger partial charge in [-0.05, 0) is 12.0 Å². The maximum absolute atomic E-state index is 13.4. The standard InChI is InChI=1S/C12H16F2N2/c13-12(14)9-16(7-6-11(12)15)8-10-4-2-1-3-5-10/h1-5,11H,6-9,15H2/t11-/m1/s1. The minimum Gasteiger partial charge on any atom is -0.323 e. The number of halogens is 2. The molecule has 0 amide bonds. The van der Waals surface area contributed by atoms with Gasteiger partial charge in [-0.25, -0.2) is 8.78 Å². The van der Waals surface area contributed by atoms with Crippen LogP contribution in [-0.2, 0) is 6.54 Å². The van der Waals surface area contributed by atoms with Crippen LogP contribution in [0.2, 0.25) is 0 Å². The molecule has 88 valence electrons. The van der Waals surface area contributed by atoms with Crippen LogP contribution >= 0.6 is 0 Å². The van der Waals surface area contributed by atoms with E-state index in [2.05, 4.69) is 0 Å². The fraction of sp³-hybridized carbons (Fsp3) is 0.500. The quantitative estimate of drug-likeness (QED) is 0.834. The molecule has 1 aliphatic heterocycles. The van der Waals surface area contributed by atoms with Gasteiger partial charge in [0.25, 0.3) is 5.92 Å². The molecule has 1 aromatic carbocycles. The summed E-state index contributed by atoms with van der Waals surface area (Å²) in [6.45, 7) is 0.984. The van der Waals surface area contributed by atoms with Gasteiger partial charge < -0.3 is 5.73 Å². The van der Waals surface area contributed by atoms with E-state index < -0.39 is 12.0 Å². The Balaban J connectivity index is 1.97. The summed E-state index contributed by atoms with van der Waals surface area (Å²) < 4.78 is 26.8. The highest BCUT2D eigenvalue weighted by Crippen LogP contribution is 2.26. The van der Waals surface area contributed by atoms with E-state index in [4.69, 9.17) is 5.73 Å². The van der Waals surface area contributed by atoms with Crippen molar-refractivity contribution in [2.75, 3.05) is 13.1 Å². The fourth-order valence-corrected chi connectivity index (χ4v) is 2.00. The Hall–Kier alpha value is -1.00. The number of hydrogen-bond acceptors (Lipinski definition) is 2. The SMILES string of the molecule is N[C@@H]1CCN(Cc2ccccc2)CC1(F)F. The van der Waals surface area contributed by atoms with Gasteiger partial charge in [-0.2, -0.15) is 0 Å². The molecular weight excluding hydrogens is 210 g/mol. The molecule has 1 fully saturated rings. The molecule has 0 aliphatic carbocycles. The first-order chi connectivity index (χ1) is 7.58. The fourth-order valence-electron chi connectivity index (χ4n) is 2.00. The van der Waals surface area contributed by atoms with Gasteiger partial charge in [0.05, 0.1) is 12.6 Å². The molecule has 16 heavy (non-hydrogen) atoms. The van der Waals surface area contributed by atoms with Gasteiger partial charge in [0.2, 0.25) is 0 Å². The van der Waals surface area contributed by atoms with Crippen molar-refractivity contribution in [3.05, 3.63) is 35.9 Å². The molecule has 1 heterocycles. The predicted molar refractivity (Wildman–Crippen MR) is 59.3 cm³/mol. The van der Waals surface area contributed by atoms with Gasteiger partial charge in [0.1, 0.15) is 0 Å². The van der Waals surface area contributed by atoms with Crippen LogP contribution in [-0.4, -0.2) is 30.0 Å². The predicted octanol–water partition coefficient (Wildman–Crippen LogP) is 1.85. The zero-order valence-electron chi connectivity index (χ0n) is 9.07. The molecule has 0 unspecified atom stereocenters. The highest BCUT2D eigenvalue weighted by Gasteiger charge is 2.42. The summed E-state index contributed by atoms with van der Waals surface area (Å²) in [7, 11) is 0. The molecule has 0 spiro atoms. The normalized spacial score (nSPS) is 25.6. The Kier molecular flexibility index (Phi) is 3.21. The zero-order valence-corrected chi connectivity index (χ0v) is 9.07. The van der Waals surface area contributed by atoms with Crippen LogP contribution in [0, 0.1) is 0 Å². The second-order valence-electron chi connectivity index (χ2n) is 4.35.